The number of aryl methyl sites for hydroxylation is 1. The van der Waals surface area contributed by atoms with E-state index in [0.717, 1.165) is 40.9 Å². The zero-order valence-electron chi connectivity index (χ0n) is 12.5. The van der Waals surface area contributed by atoms with Crippen LogP contribution >= 0.6 is 11.3 Å². The van der Waals surface area contributed by atoms with E-state index < -0.39 is 0 Å². The van der Waals surface area contributed by atoms with Gasteiger partial charge in [0, 0.05) is 23.2 Å². The van der Waals surface area contributed by atoms with E-state index in [-0.39, 0.29) is 5.91 Å². The van der Waals surface area contributed by atoms with Crippen LogP contribution in [0.5, 0.6) is 0 Å². The maximum Gasteiger partial charge on any atom is 0.266 e. The number of carbonyl (C=O) groups excluding carboxylic acids is 1. The topological polar surface area (TPSA) is 46.3 Å². The molecule has 3 rings (SSSR count). The third-order valence-electron chi connectivity index (χ3n) is 4.29. The third kappa shape index (κ3) is 2.77. The van der Waals surface area contributed by atoms with Gasteiger partial charge >= 0.3 is 0 Å². The second-order valence-corrected chi connectivity index (χ2v) is 6.88. The molecular formula is C17H22N2OS. The number of likely N-dealkylation sites (tertiary alicyclic amines) is 1. The number of nitrogens with two attached hydrogens (primary N) is 1. The first-order valence-corrected chi connectivity index (χ1v) is 8.57. The molecule has 0 aliphatic carbocycles. The van der Waals surface area contributed by atoms with E-state index in [1.807, 2.05) is 17.0 Å². The fourth-order valence-electron chi connectivity index (χ4n) is 3.03. The maximum absolute atomic E-state index is 12.8. The Kier molecular flexibility index (Phi) is 4.15. The molecule has 2 aromatic rings. The van der Waals surface area contributed by atoms with E-state index >= 15 is 0 Å². The lowest BCUT2D eigenvalue weighted by molar-refractivity contribution is 0.0748. The van der Waals surface area contributed by atoms with Crippen LogP contribution < -0.4 is 5.73 Å². The smallest absolute Gasteiger partial charge is 0.266 e. The van der Waals surface area contributed by atoms with Gasteiger partial charge in [0.2, 0.25) is 0 Å². The summed E-state index contributed by atoms with van der Waals surface area (Å²) in [5.41, 5.74) is 8.10. The highest BCUT2D eigenvalue weighted by molar-refractivity contribution is 7.21. The Morgan fingerprint density at radius 3 is 2.48 bits per heavy atom. The molecule has 1 aromatic carbocycles. The molecule has 1 saturated heterocycles. The fraction of sp³-hybridized carbons (Fsp3) is 0.471. The molecule has 0 atom stereocenters. The number of rotatable bonds is 1. The number of benzene rings is 1. The predicted molar refractivity (Wildman–Crippen MR) is 90.0 cm³/mol. The lowest BCUT2D eigenvalue weighted by Gasteiger charge is -2.24. The molecule has 112 valence electrons. The molecule has 0 spiro atoms. The molecule has 2 heterocycles. The summed E-state index contributed by atoms with van der Waals surface area (Å²) in [6, 6.07) is 6.09. The summed E-state index contributed by atoms with van der Waals surface area (Å²) in [6.45, 7) is 3.81. The number of anilines is 1. The molecule has 2 N–H and O–H groups in total. The minimum atomic E-state index is 0.120. The Bertz CT molecular complexity index is 654. The van der Waals surface area contributed by atoms with Gasteiger partial charge in [-0.3, -0.25) is 4.79 Å². The molecule has 3 nitrogen and oxygen atoms in total. The van der Waals surface area contributed by atoms with Gasteiger partial charge in [-0.1, -0.05) is 37.5 Å². The van der Waals surface area contributed by atoms with Crippen LogP contribution in [0.2, 0.25) is 0 Å². The number of nitrogens with zero attached hydrogens (tertiary/aromatic N) is 1. The Morgan fingerprint density at radius 1 is 1.14 bits per heavy atom. The highest BCUT2D eigenvalue weighted by atomic mass is 32.1. The Hall–Kier alpha value is -1.55. The number of hydrogen-bond donors (Lipinski definition) is 1. The number of thiophene rings is 1. The summed E-state index contributed by atoms with van der Waals surface area (Å²) in [5.74, 6) is 0.120. The second-order valence-electron chi connectivity index (χ2n) is 5.86. The van der Waals surface area contributed by atoms with Crippen molar-refractivity contribution in [1.82, 2.24) is 4.90 Å². The maximum atomic E-state index is 12.8. The van der Waals surface area contributed by atoms with Crippen molar-refractivity contribution in [1.29, 1.82) is 0 Å². The van der Waals surface area contributed by atoms with Crippen LogP contribution in [-0.4, -0.2) is 23.9 Å². The van der Waals surface area contributed by atoms with E-state index in [1.54, 1.807) is 11.3 Å². The quantitative estimate of drug-likeness (QED) is 0.858. The van der Waals surface area contributed by atoms with Crippen LogP contribution in [0.4, 0.5) is 5.69 Å². The number of nitrogen functional groups attached to an aromatic ring is 1. The van der Waals surface area contributed by atoms with Crippen LogP contribution in [0.15, 0.2) is 18.2 Å². The standard InChI is InChI=1S/C17H22N2OS/c1-12-8-7-9-13-14(18)16(21-15(12)13)17(20)19-10-5-3-2-4-6-11-19/h7-9H,2-6,10-11,18H2,1H3. The molecule has 0 bridgehead atoms. The lowest BCUT2D eigenvalue weighted by Crippen LogP contribution is -2.33. The van der Waals surface area contributed by atoms with E-state index in [9.17, 15) is 4.79 Å². The van der Waals surface area contributed by atoms with Crippen molar-refractivity contribution in [3.63, 3.8) is 0 Å². The Labute approximate surface area is 129 Å². The molecule has 1 aliphatic rings. The van der Waals surface area contributed by atoms with Gasteiger partial charge in [0.15, 0.2) is 0 Å². The summed E-state index contributed by atoms with van der Waals surface area (Å²) in [4.78, 5) is 15.5. The first kappa shape index (κ1) is 14.4. The number of fused-ring (bicyclic) bond motifs is 1. The fourth-order valence-corrected chi connectivity index (χ4v) is 4.19. The van der Waals surface area contributed by atoms with Gasteiger partial charge < -0.3 is 10.6 Å². The van der Waals surface area contributed by atoms with Crippen LogP contribution in [0, 0.1) is 6.92 Å². The highest BCUT2D eigenvalue weighted by Crippen LogP contribution is 2.36. The summed E-state index contributed by atoms with van der Waals surface area (Å²) < 4.78 is 1.14. The lowest BCUT2D eigenvalue weighted by atomic mass is 10.1. The van der Waals surface area contributed by atoms with E-state index in [1.165, 1.54) is 24.8 Å². The van der Waals surface area contributed by atoms with Crippen molar-refractivity contribution >= 4 is 33.0 Å². The molecule has 1 aliphatic heterocycles. The third-order valence-corrected chi connectivity index (χ3v) is 5.63. The largest absolute Gasteiger partial charge is 0.397 e. The summed E-state index contributed by atoms with van der Waals surface area (Å²) in [6.07, 6.45) is 5.97. The van der Waals surface area contributed by atoms with Crippen LogP contribution in [0.3, 0.4) is 0 Å². The van der Waals surface area contributed by atoms with Crippen molar-refractivity contribution in [2.24, 2.45) is 0 Å². The molecule has 1 fully saturated rings. The predicted octanol–water partition coefficient (Wildman–Crippen LogP) is 4.20. The first-order chi connectivity index (χ1) is 10.2. The van der Waals surface area contributed by atoms with Gasteiger partial charge in [-0.2, -0.15) is 0 Å². The number of hydrogen-bond acceptors (Lipinski definition) is 3. The van der Waals surface area contributed by atoms with Gasteiger partial charge in [0.25, 0.3) is 5.91 Å². The van der Waals surface area contributed by atoms with E-state index in [2.05, 4.69) is 13.0 Å². The SMILES string of the molecule is Cc1cccc2c(N)c(C(=O)N3CCCCCCC3)sc12. The van der Waals surface area contributed by atoms with Crippen LogP contribution in [-0.2, 0) is 0 Å². The zero-order chi connectivity index (χ0) is 14.8. The number of amides is 1. The molecule has 4 heteroatoms. The van der Waals surface area contributed by atoms with Gasteiger partial charge in [0.05, 0.1) is 5.69 Å². The molecule has 1 aromatic heterocycles. The van der Waals surface area contributed by atoms with E-state index in [0.29, 0.717) is 5.69 Å². The molecule has 0 saturated carbocycles. The minimum Gasteiger partial charge on any atom is -0.397 e. The molecule has 0 radical (unpaired) electrons. The monoisotopic (exact) mass is 302 g/mol. The molecule has 1 amide bonds. The van der Waals surface area contributed by atoms with Gasteiger partial charge in [-0.25, -0.2) is 0 Å². The Morgan fingerprint density at radius 2 is 1.81 bits per heavy atom. The average Bonchev–Trinajstić information content (AvgIpc) is 2.77. The highest BCUT2D eigenvalue weighted by Gasteiger charge is 2.22. The zero-order valence-corrected chi connectivity index (χ0v) is 13.3. The van der Waals surface area contributed by atoms with Gasteiger partial charge in [0.1, 0.15) is 4.88 Å². The summed E-state index contributed by atoms with van der Waals surface area (Å²) in [7, 11) is 0. The van der Waals surface area contributed by atoms with Crippen molar-refractivity contribution in [2.75, 3.05) is 18.8 Å². The minimum absolute atomic E-state index is 0.120. The molecule has 0 unspecified atom stereocenters. The van der Waals surface area contributed by atoms with Crippen molar-refractivity contribution in [3.05, 3.63) is 28.6 Å². The van der Waals surface area contributed by atoms with Gasteiger partial charge in [-0.05, 0) is 25.3 Å². The van der Waals surface area contributed by atoms with Crippen molar-refractivity contribution in [2.45, 2.75) is 39.0 Å². The normalized spacial score (nSPS) is 16.7. The molecular weight excluding hydrogens is 280 g/mol. The van der Waals surface area contributed by atoms with E-state index in [4.69, 9.17) is 5.73 Å². The van der Waals surface area contributed by atoms with Crippen LogP contribution in [0.1, 0.15) is 47.3 Å². The van der Waals surface area contributed by atoms with Gasteiger partial charge in [-0.15, -0.1) is 11.3 Å². The van der Waals surface area contributed by atoms with Crippen molar-refractivity contribution in [3.8, 4) is 0 Å². The summed E-state index contributed by atoms with van der Waals surface area (Å²) >= 11 is 1.55. The summed E-state index contributed by atoms with van der Waals surface area (Å²) in [5, 5.41) is 1.02. The van der Waals surface area contributed by atoms with Crippen LogP contribution in [0.25, 0.3) is 10.1 Å². The first-order valence-electron chi connectivity index (χ1n) is 7.75. The molecule has 21 heavy (non-hydrogen) atoms. The Balaban J connectivity index is 1.93. The average molecular weight is 302 g/mol. The van der Waals surface area contributed by atoms with Crippen molar-refractivity contribution < 1.29 is 4.79 Å². The second kappa shape index (κ2) is 6.06. The number of carbonyl (C=O) groups is 1.